The lowest BCUT2D eigenvalue weighted by Gasteiger charge is -2.21. The van der Waals surface area contributed by atoms with E-state index in [1.54, 1.807) is 0 Å². The number of rotatable bonds is 8. The SMILES string of the molecule is OCCCCN(CCc1ccc2c(c1)CCO2)C1CC1. The summed E-state index contributed by atoms with van der Waals surface area (Å²) in [6, 6.07) is 7.47. The number of hydrogen-bond acceptors (Lipinski definition) is 3. The van der Waals surface area contributed by atoms with Crippen molar-refractivity contribution in [2.75, 3.05) is 26.3 Å². The van der Waals surface area contributed by atoms with E-state index in [4.69, 9.17) is 9.84 Å². The Balaban J connectivity index is 1.51. The molecule has 0 atom stereocenters. The number of unbranched alkanes of at least 4 members (excludes halogenated alkanes) is 1. The first-order valence-corrected chi connectivity index (χ1v) is 7.96. The van der Waals surface area contributed by atoms with E-state index in [2.05, 4.69) is 23.1 Å². The van der Waals surface area contributed by atoms with E-state index in [1.807, 2.05) is 0 Å². The van der Waals surface area contributed by atoms with Crippen LogP contribution in [-0.4, -0.2) is 42.4 Å². The summed E-state index contributed by atoms with van der Waals surface area (Å²) in [5.41, 5.74) is 2.81. The van der Waals surface area contributed by atoms with E-state index in [9.17, 15) is 0 Å². The second-order valence-corrected chi connectivity index (χ2v) is 5.99. The van der Waals surface area contributed by atoms with Crippen LogP contribution in [0, 0.1) is 0 Å². The standard InChI is InChI=1S/C17H25NO2/c19-11-2-1-9-18(16-4-5-16)10-7-14-3-6-17-15(13-14)8-12-20-17/h3,6,13,16,19H,1-2,4-5,7-12H2. The van der Waals surface area contributed by atoms with Crippen molar-refractivity contribution in [1.82, 2.24) is 4.90 Å². The van der Waals surface area contributed by atoms with Crippen molar-refractivity contribution in [2.45, 2.75) is 44.6 Å². The average molecular weight is 275 g/mol. The van der Waals surface area contributed by atoms with Crippen LogP contribution in [-0.2, 0) is 12.8 Å². The minimum atomic E-state index is 0.323. The van der Waals surface area contributed by atoms with Crippen LogP contribution in [0.5, 0.6) is 5.75 Å². The fourth-order valence-electron chi connectivity index (χ4n) is 3.01. The quantitative estimate of drug-likeness (QED) is 0.740. The van der Waals surface area contributed by atoms with Crippen molar-refractivity contribution in [3.8, 4) is 5.75 Å². The maximum atomic E-state index is 8.90. The Bertz CT molecular complexity index is 443. The maximum Gasteiger partial charge on any atom is 0.122 e. The van der Waals surface area contributed by atoms with Crippen LogP contribution in [0.4, 0.5) is 0 Å². The molecule has 3 rings (SSSR count). The van der Waals surface area contributed by atoms with Gasteiger partial charge >= 0.3 is 0 Å². The summed E-state index contributed by atoms with van der Waals surface area (Å²) in [4.78, 5) is 2.61. The predicted octanol–water partition coefficient (Wildman–Crippen LogP) is 2.40. The van der Waals surface area contributed by atoms with Gasteiger partial charge in [-0.15, -0.1) is 0 Å². The molecule has 20 heavy (non-hydrogen) atoms. The smallest absolute Gasteiger partial charge is 0.122 e. The molecule has 1 saturated carbocycles. The van der Waals surface area contributed by atoms with E-state index in [1.165, 1.54) is 24.0 Å². The van der Waals surface area contributed by atoms with Gasteiger partial charge in [0, 0.05) is 25.6 Å². The topological polar surface area (TPSA) is 32.7 Å². The summed E-state index contributed by atoms with van der Waals surface area (Å²) >= 11 is 0. The number of benzene rings is 1. The van der Waals surface area contributed by atoms with Gasteiger partial charge < -0.3 is 14.7 Å². The summed E-state index contributed by atoms with van der Waals surface area (Å²) in [6.07, 6.45) is 6.95. The van der Waals surface area contributed by atoms with Gasteiger partial charge in [-0.1, -0.05) is 12.1 Å². The minimum Gasteiger partial charge on any atom is -0.493 e. The molecule has 1 fully saturated rings. The van der Waals surface area contributed by atoms with E-state index in [0.29, 0.717) is 6.61 Å². The first-order chi connectivity index (χ1) is 9.86. The molecule has 0 radical (unpaired) electrons. The summed E-state index contributed by atoms with van der Waals surface area (Å²) < 4.78 is 5.56. The lowest BCUT2D eigenvalue weighted by molar-refractivity contribution is 0.236. The van der Waals surface area contributed by atoms with Crippen LogP contribution in [0.3, 0.4) is 0 Å². The normalized spacial score (nSPS) is 17.3. The molecule has 3 heteroatoms. The molecule has 1 N–H and O–H groups in total. The number of nitrogens with zero attached hydrogens (tertiary/aromatic N) is 1. The van der Waals surface area contributed by atoms with E-state index < -0.39 is 0 Å². The molecular formula is C17H25NO2. The summed E-state index contributed by atoms with van der Waals surface area (Å²) in [5.74, 6) is 1.08. The highest BCUT2D eigenvalue weighted by Crippen LogP contribution is 2.28. The third-order valence-corrected chi connectivity index (χ3v) is 4.36. The molecule has 0 bridgehead atoms. The second-order valence-electron chi connectivity index (χ2n) is 5.99. The van der Waals surface area contributed by atoms with Crippen molar-refractivity contribution >= 4 is 0 Å². The average Bonchev–Trinajstić information content (AvgIpc) is 3.20. The van der Waals surface area contributed by atoms with E-state index >= 15 is 0 Å². The highest BCUT2D eigenvalue weighted by molar-refractivity contribution is 5.39. The van der Waals surface area contributed by atoms with Gasteiger partial charge in [-0.2, -0.15) is 0 Å². The molecule has 0 unspecified atom stereocenters. The van der Waals surface area contributed by atoms with Gasteiger partial charge in [0.1, 0.15) is 5.75 Å². The van der Waals surface area contributed by atoms with Crippen LogP contribution < -0.4 is 4.74 Å². The zero-order valence-electron chi connectivity index (χ0n) is 12.2. The molecule has 2 aliphatic rings. The zero-order valence-corrected chi connectivity index (χ0v) is 12.2. The van der Waals surface area contributed by atoms with Crippen LogP contribution in [0.15, 0.2) is 18.2 Å². The summed E-state index contributed by atoms with van der Waals surface area (Å²) in [5, 5.41) is 8.90. The first kappa shape index (κ1) is 13.9. The van der Waals surface area contributed by atoms with Crippen molar-refractivity contribution in [1.29, 1.82) is 0 Å². The van der Waals surface area contributed by atoms with Crippen molar-refractivity contribution in [3.63, 3.8) is 0 Å². The van der Waals surface area contributed by atoms with Crippen molar-refractivity contribution < 1.29 is 9.84 Å². The molecule has 0 spiro atoms. The van der Waals surface area contributed by atoms with Crippen LogP contribution in [0.25, 0.3) is 0 Å². The summed E-state index contributed by atoms with van der Waals surface area (Å²) in [7, 11) is 0. The lowest BCUT2D eigenvalue weighted by atomic mass is 10.1. The Labute approximate surface area is 121 Å². The molecule has 110 valence electrons. The molecule has 1 aliphatic carbocycles. The Kier molecular flexibility index (Phi) is 4.58. The van der Waals surface area contributed by atoms with Gasteiger partial charge in [0.2, 0.25) is 0 Å². The molecule has 1 aromatic carbocycles. The summed E-state index contributed by atoms with van der Waals surface area (Å²) in [6.45, 7) is 3.45. The number of aliphatic hydroxyl groups excluding tert-OH is 1. The molecule has 1 aliphatic heterocycles. The lowest BCUT2D eigenvalue weighted by Crippen LogP contribution is -2.29. The molecule has 0 aromatic heterocycles. The Morgan fingerprint density at radius 1 is 1.20 bits per heavy atom. The number of fused-ring (bicyclic) bond motifs is 1. The largest absolute Gasteiger partial charge is 0.493 e. The highest BCUT2D eigenvalue weighted by Gasteiger charge is 2.28. The van der Waals surface area contributed by atoms with Crippen LogP contribution >= 0.6 is 0 Å². The van der Waals surface area contributed by atoms with Gasteiger partial charge in [0.05, 0.1) is 6.61 Å². The fourth-order valence-corrected chi connectivity index (χ4v) is 3.01. The monoisotopic (exact) mass is 275 g/mol. The fraction of sp³-hybridized carbons (Fsp3) is 0.647. The third kappa shape index (κ3) is 3.53. The van der Waals surface area contributed by atoms with E-state index in [-0.39, 0.29) is 0 Å². The predicted molar refractivity (Wildman–Crippen MR) is 80.3 cm³/mol. The van der Waals surface area contributed by atoms with E-state index in [0.717, 1.165) is 57.2 Å². The molecule has 0 saturated heterocycles. The number of hydrogen-bond donors (Lipinski definition) is 1. The molecule has 3 nitrogen and oxygen atoms in total. The van der Waals surface area contributed by atoms with Crippen LogP contribution in [0.1, 0.15) is 36.8 Å². The maximum absolute atomic E-state index is 8.90. The van der Waals surface area contributed by atoms with Crippen molar-refractivity contribution in [3.05, 3.63) is 29.3 Å². The molecular weight excluding hydrogens is 250 g/mol. The molecule has 1 heterocycles. The first-order valence-electron chi connectivity index (χ1n) is 7.96. The van der Waals surface area contributed by atoms with Gasteiger partial charge in [-0.25, -0.2) is 0 Å². The highest BCUT2D eigenvalue weighted by atomic mass is 16.5. The number of ether oxygens (including phenoxy) is 1. The van der Waals surface area contributed by atoms with Crippen LogP contribution in [0.2, 0.25) is 0 Å². The number of aliphatic hydroxyl groups is 1. The van der Waals surface area contributed by atoms with Gasteiger partial charge in [-0.05, 0) is 55.8 Å². The van der Waals surface area contributed by atoms with Gasteiger partial charge in [0.15, 0.2) is 0 Å². The Morgan fingerprint density at radius 2 is 2.10 bits per heavy atom. The third-order valence-electron chi connectivity index (χ3n) is 4.36. The zero-order chi connectivity index (χ0) is 13.8. The Hall–Kier alpha value is -1.06. The minimum absolute atomic E-state index is 0.323. The van der Waals surface area contributed by atoms with Gasteiger partial charge in [-0.3, -0.25) is 0 Å². The van der Waals surface area contributed by atoms with Gasteiger partial charge in [0.25, 0.3) is 0 Å². The molecule has 0 amide bonds. The molecule has 1 aromatic rings. The Morgan fingerprint density at radius 3 is 2.90 bits per heavy atom. The van der Waals surface area contributed by atoms with Crippen molar-refractivity contribution in [2.24, 2.45) is 0 Å². The second kappa shape index (κ2) is 6.59.